The number of Topliss-reactive ketones (excluding diaryl/α,β-unsaturated/α-hetero) is 1. The van der Waals surface area contributed by atoms with Crippen LogP contribution in [0, 0.1) is 11.8 Å². The van der Waals surface area contributed by atoms with E-state index >= 15 is 0 Å². The number of nitrogens with zero attached hydrogens (tertiary/aromatic N) is 1. The Balaban J connectivity index is 1.53. The Morgan fingerprint density at radius 2 is 1.82 bits per heavy atom. The monoisotopic (exact) mass is 442 g/mol. The SMILES string of the molecule is CC(=O)c1cccc(NC(=NCc2cccc3ccccc23)NCC2CCCC(CN)C2)c1. The number of rotatable bonds is 7. The lowest BCUT2D eigenvalue weighted by atomic mass is 9.81. The molecule has 0 heterocycles. The maximum atomic E-state index is 11.8. The first kappa shape index (κ1) is 23.0. The van der Waals surface area contributed by atoms with Gasteiger partial charge >= 0.3 is 0 Å². The molecule has 0 saturated heterocycles. The molecule has 0 bridgehead atoms. The number of ketones is 1. The van der Waals surface area contributed by atoms with E-state index < -0.39 is 0 Å². The quantitative estimate of drug-likeness (QED) is 0.261. The zero-order valence-corrected chi connectivity index (χ0v) is 19.4. The van der Waals surface area contributed by atoms with Crippen LogP contribution < -0.4 is 16.4 Å². The van der Waals surface area contributed by atoms with Crippen LogP contribution in [0.1, 0.15) is 48.5 Å². The number of hydrogen-bond donors (Lipinski definition) is 3. The molecule has 2 unspecified atom stereocenters. The van der Waals surface area contributed by atoms with Crippen LogP contribution in [0.4, 0.5) is 5.69 Å². The number of carbonyl (C=O) groups is 1. The molecule has 0 amide bonds. The van der Waals surface area contributed by atoms with Crippen LogP contribution in [0.15, 0.2) is 71.7 Å². The number of nitrogens with two attached hydrogens (primary N) is 1. The molecule has 1 aliphatic rings. The summed E-state index contributed by atoms with van der Waals surface area (Å²) in [6.45, 7) is 3.79. The summed E-state index contributed by atoms with van der Waals surface area (Å²) in [6, 6.07) is 22.3. The van der Waals surface area contributed by atoms with Crippen LogP contribution in [-0.2, 0) is 6.54 Å². The van der Waals surface area contributed by atoms with Crippen molar-refractivity contribution >= 4 is 28.2 Å². The number of benzene rings is 3. The van der Waals surface area contributed by atoms with Crippen molar-refractivity contribution in [2.45, 2.75) is 39.2 Å². The van der Waals surface area contributed by atoms with Crippen LogP contribution >= 0.6 is 0 Å². The number of guanidine groups is 1. The second-order valence-corrected chi connectivity index (χ2v) is 9.08. The van der Waals surface area contributed by atoms with Crippen LogP contribution in [0.2, 0.25) is 0 Å². The highest BCUT2D eigenvalue weighted by atomic mass is 16.1. The van der Waals surface area contributed by atoms with Gasteiger partial charge < -0.3 is 16.4 Å². The molecule has 172 valence electrons. The lowest BCUT2D eigenvalue weighted by Crippen LogP contribution is -2.37. The Morgan fingerprint density at radius 3 is 2.67 bits per heavy atom. The predicted octanol–water partition coefficient (Wildman–Crippen LogP) is 5.37. The van der Waals surface area contributed by atoms with E-state index in [-0.39, 0.29) is 5.78 Å². The van der Waals surface area contributed by atoms with Gasteiger partial charge in [0.15, 0.2) is 11.7 Å². The predicted molar refractivity (Wildman–Crippen MR) is 138 cm³/mol. The van der Waals surface area contributed by atoms with Gasteiger partial charge in [-0.25, -0.2) is 4.99 Å². The Morgan fingerprint density at radius 1 is 1.03 bits per heavy atom. The van der Waals surface area contributed by atoms with Crippen molar-refractivity contribution in [1.82, 2.24) is 5.32 Å². The first-order valence-electron chi connectivity index (χ1n) is 12.0. The molecule has 0 aliphatic heterocycles. The van der Waals surface area contributed by atoms with Crippen LogP contribution in [0.5, 0.6) is 0 Å². The maximum absolute atomic E-state index is 11.8. The zero-order chi connectivity index (χ0) is 23.0. The van der Waals surface area contributed by atoms with Crippen molar-refractivity contribution in [2.75, 3.05) is 18.4 Å². The molecule has 4 rings (SSSR count). The Hall–Kier alpha value is -3.18. The van der Waals surface area contributed by atoms with E-state index in [4.69, 9.17) is 10.7 Å². The molecule has 5 heteroatoms. The molecular formula is C28H34N4O. The fraction of sp³-hybridized carbons (Fsp3) is 0.357. The van der Waals surface area contributed by atoms with Crippen LogP contribution in [0.3, 0.4) is 0 Å². The summed E-state index contributed by atoms with van der Waals surface area (Å²) in [6.07, 6.45) is 4.87. The molecule has 2 atom stereocenters. The van der Waals surface area contributed by atoms with Gasteiger partial charge in [-0.1, -0.05) is 61.0 Å². The third-order valence-corrected chi connectivity index (χ3v) is 6.60. The second-order valence-electron chi connectivity index (χ2n) is 9.08. The number of carbonyl (C=O) groups excluding carboxylic acids is 1. The van der Waals surface area contributed by atoms with Crippen molar-refractivity contribution in [3.8, 4) is 0 Å². The van der Waals surface area contributed by atoms with Gasteiger partial charge in [-0.05, 0) is 73.0 Å². The van der Waals surface area contributed by atoms with Crippen LogP contribution in [-0.4, -0.2) is 24.8 Å². The third kappa shape index (κ3) is 6.20. The molecule has 0 aromatic heterocycles. The minimum Gasteiger partial charge on any atom is -0.356 e. The van der Waals surface area contributed by atoms with E-state index in [9.17, 15) is 4.79 Å². The van der Waals surface area contributed by atoms with Crippen molar-refractivity contribution in [3.05, 3.63) is 77.9 Å². The molecule has 1 saturated carbocycles. The largest absolute Gasteiger partial charge is 0.356 e. The molecule has 0 spiro atoms. The highest BCUT2D eigenvalue weighted by Gasteiger charge is 2.21. The minimum atomic E-state index is 0.0517. The van der Waals surface area contributed by atoms with Crippen LogP contribution in [0.25, 0.3) is 10.8 Å². The first-order valence-corrected chi connectivity index (χ1v) is 12.0. The lowest BCUT2D eigenvalue weighted by Gasteiger charge is -2.29. The minimum absolute atomic E-state index is 0.0517. The summed E-state index contributed by atoms with van der Waals surface area (Å²) in [5.74, 6) is 2.01. The fourth-order valence-electron chi connectivity index (χ4n) is 4.73. The number of fused-ring (bicyclic) bond motifs is 1. The summed E-state index contributed by atoms with van der Waals surface area (Å²) in [5, 5.41) is 9.42. The highest BCUT2D eigenvalue weighted by molar-refractivity contribution is 5.98. The van der Waals surface area contributed by atoms with Crippen molar-refractivity contribution < 1.29 is 4.79 Å². The Bertz CT molecular complexity index is 1120. The Labute approximate surface area is 196 Å². The maximum Gasteiger partial charge on any atom is 0.196 e. The van der Waals surface area contributed by atoms with E-state index in [1.807, 2.05) is 24.3 Å². The standard InChI is InChI=1S/C28H34N4O/c1-20(33)24-11-6-13-26(16-24)32-28(30-18-22-8-4-7-21(15-22)17-29)31-19-25-12-5-10-23-9-2-3-14-27(23)25/h2-3,5-6,9-14,16,21-22H,4,7-8,15,17-19,29H2,1H3,(H2,30,31,32). The molecule has 1 aliphatic carbocycles. The van der Waals surface area contributed by atoms with Gasteiger partial charge in [-0.15, -0.1) is 0 Å². The first-order chi connectivity index (χ1) is 16.1. The van der Waals surface area contributed by atoms with Crippen molar-refractivity contribution in [1.29, 1.82) is 0 Å². The second kappa shape index (κ2) is 11.1. The van der Waals surface area contributed by atoms with Gasteiger partial charge in [0, 0.05) is 17.8 Å². The van der Waals surface area contributed by atoms with E-state index in [0.717, 1.165) is 24.7 Å². The molecule has 5 nitrogen and oxygen atoms in total. The average Bonchev–Trinajstić information content (AvgIpc) is 2.86. The number of nitrogens with one attached hydrogen (secondary N) is 2. The summed E-state index contributed by atoms with van der Waals surface area (Å²) < 4.78 is 0. The highest BCUT2D eigenvalue weighted by Crippen LogP contribution is 2.28. The topological polar surface area (TPSA) is 79.5 Å². The lowest BCUT2D eigenvalue weighted by molar-refractivity contribution is 0.101. The summed E-state index contributed by atoms with van der Waals surface area (Å²) in [4.78, 5) is 16.7. The smallest absolute Gasteiger partial charge is 0.196 e. The van der Waals surface area contributed by atoms with Crippen molar-refractivity contribution in [3.63, 3.8) is 0 Å². The van der Waals surface area contributed by atoms with Gasteiger partial charge in [0.05, 0.1) is 6.54 Å². The molecule has 3 aromatic carbocycles. The summed E-state index contributed by atoms with van der Waals surface area (Å²) in [7, 11) is 0. The molecule has 3 aromatic rings. The van der Waals surface area contributed by atoms with E-state index in [1.54, 1.807) is 6.92 Å². The molecule has 33 heavy (non-hydrogen) atoms. The van der Waals surface area contributed by atoms with Crippen molar-refractivity contribution in [2.24, 2.45) is 22.6 Å². The van der Waals surface area contributed by atoms with Gasteiger partial charge in [0.1, 0.15) is 0 Å². The molecular weight excluding hydrogens is 408 g/mol. The molecule has 0 radical (unpaired) electrons. The average molecular weight is 443 g/mol. The van der Waals surface area contributed by atoms with Gasteiger partial charge in [-0.2, -0.15) is 0 Å². The van der Waals surface area contributed by atoms with Gasteiger partial charge in [-0.3, -0.25) is 4.79 Å². The van der Waals surface area contributed by atoms with E-state index in [1.165, 1.54) is 42.0 Å². The number of anilines is 1. The molecule has 4 N–H and O–H groups in total. The number of aliphatic imine (C=N–C) groups is 1. The third-order valence-electron chi connectivity index (χ3n) is 6.60. The molecule has 1 fully saturated rings. The fourth-order valence-corrected chi connectivity index (χ4v) is 4.73. The van der Waals surface area contributed by atoms with E-state index in [2.05, 4.69) is 53.1 Å². The summed E-state index contributed by atoms with van der Waals surface area (Å²) in [5.41, 5.74) is 8.67. The van der Waals surface area contributed by atoms with Gasteiger partial charge in [0.25, 0.3) is 0 Å². The summed E-state index contributed by atoms with van der Waals surface area (Å²) >= 11 is 0. The zero-order valence-electron chi connectivity index (χ0n) is 19.4. The Kier molecular flexibility index (Phi) is 7.74. The normalized spacial score (nSPS) is 18.8. The van der Waals surface area contributed by atoms with E-state index in [0.29, 0.717) is 23.9 Å². The number of hydrogen-bond acceptors (Lipinski definition) is 3. The van der Waals surface area contributed by atoms with Gasteiger partial charge in [0.2, 0.25) is 0 Å².